The molecule has 9 heteroatoms. The lowest BCUT2D eigenvalue weighted by Gasteiger charge is -2.20. The maximum Gasteiger partial charge on any atom is 0.232 e. The van der Waals surface area contributed by atoms with Gasteiger partial charge >= 0.3 is 0 Å². The molecule has 2 N–H and O–H groups in total. The molecule has 0 atom stereocenters. The number of anilines is 1. The van der Waals surface area contributed by atoms with E-state index < -0.39 is 21.6 Å². The van der Waals surface area contributed by atoms with E-state index in [2.05, 4.69) is 15.0 Å². The van der Waals surface area contributed by atoms with Gasteiger partial charge in [-0.15, -0.1) is 0 Å². The summed E-state index contributed by atoms with van der Waals surface area (Å²) >= 11 is 6.00. The summed E-state index contributed by atoms with van der Waals surface area (Å²) in [7, 11) is -3.69. The number of dihydropyridines is 1. The number of allylic oxidation sites excluding steroid dienone is 3. The second-order valence-corrected chi connectivity index (χ2v) is 8.48. The van der Waals surface area contributed by atoms with Crippen LogP contribution in [0.3, 0.4) is 0 Å². The molecule has 2 aliphatic rings. The first-order valence-electron chi connectivity index (χ1n) is 8.41. The van der Waals surface area contributed by atoms with Gasteiger partial charge in [0, 0.05) is 22.4 Å². The average molecular weight is 411 g/mol. The van der Waals surface area contributed by atoms with E-state index in [4.69, 9.17) is 11.6 Å². The van der Waals surface area contributed by atoms with Gasteiger partial charge in [0.2, 0.25) is 10.0 Å². The maximum absolute atomic E-state index is 14.9. The highest BCUT2D eigenvalue weighted by atomic mass is 35.5. The number of sulfonamides is 1. The van der Waals surface area contributed by atoms with E-state index in [1.165, 1.54) is 24.4 Å². The number of benzene rings is 1. The normalized spacial score (nSPS) is 18.1. The zero-order valence-electron chi connectivity index (χ0n) is 14.6. The average Bonchev–Trinajstić information content (AvgIpc) is 3.04. The molecule has 0 aliphatic carbocycles. The fraction of sp³-hybridized carbons (Fsp3) is 0.278. The minimum atomic E-state index is -3.69. The number of aliphatic imine (C=N–C) groups is 1. The highest BCUT2D eigenvalue weighted by Crippen LogP contribution is 2.32. The van der Waals surface area contributed by atoms with E-state index in [0.717, 1.165) is 0 Å². The molecule has 1 aromatic rings. The molecule has 27 heavy (non-hydrogen) atoms. The molecule has 1 aromatic carbocycles. The van der Waals surface area contributed by atoms with Crippen molar-refractivity contribution in [1.82, 2.24) is 5.32 Å². The van der Waals surface area contributed by atoms with Gasteiger partial charge in [0.05, 0.1) is 18.0 Å². The summed E-state index contributed by atoms with van der Waals surface area (Å²) in [5.74, 6) is -1.13. The van der Waals surface area contributed by atoms with Gasteiger partial charge in [-0.1, -0.05) is 42.8 Å². The number of halogens is 2. The standard InChI is InChI=1S/C18H19ClFN3O3S/c1-2-3-7-27(25,26)23-15-6-4-5-12(16(15)20)17(24)14-10-22-18-13(14)8-11(19)9-21-18/h4-6,8,10,21,23-24H,2-3,7,9H2,1H3/p-1. The Balaban J connectivity index is 1.97. The number of unbranched alkanes of at least 4 members (excludes halogenated alkanes) is 1. The first kappa shape index (κ1) is 19.4. The van der Waals surface area contributed by atoms with Gasteiger partial charge < -0.3 is 10.4 Å². The van der Waals surface area contributed by atoms with Gasteiger partial charge in [-0.2, -0.15) is 0 Å². The van der Waals surface area contributed by atoms with Crippen molar-refractivity contribution in [3.63, 3.8) is 0 Å². The fourth-order valence-corrected chi connectivity index (χ4v) is 4.16. The molecule has 144 valence electrons. The van der Waals surface area contributed by atoms with Crippen molar-refractivity contribution in [2.45, 2.75) is 19.8 Å². The Morgan fingerprint density at radius 1 is 1.44 bits per heavy atom. The number of rotatable bonds is 6. The van der Waals surface area contributed by atoms with Gasteiger partial charge in [0.15, 0.2) is 5.82 Å². The van der Waals surface area contributed by atoms with Gasteiger partial charge in [-0.25, -0.2) is 17.8 Å². The molecule has 3 rings (SSSR count). The maximum atomic E-state index is 14.9. The summed E-state index contributed by atoms with van der Waals surface area (Å²) in [5.41, 5.74) is 0.192. The summed E-state index contributed by atoms with van der Waals surface area (Å²) in [5, 5.41) is 16.3. The second-order valence-electron chi connectivity index (χ2n) is 6.15. The van der Waals surface area contributed by atoms with Crippen molar-refractivity contribution in [1.29, 1.82) is 0 Å². The van der Waals surface area contributed by atoms with E-state index in [1.807, 2.05) is 6.92 Å². The second kappa shape index (κ2) is 7.74. The van der Waals surface area contributed by atoms with Crippen LogP contribution in [0.15, 0.2) is 51.3 Å². The Morgan fingerprint density at radius 3 is 2.96 bits per heavy atom. The molecule has 0 fully saturated rings. The minimum Gasteiger partial charge on any atom is -0.872 e. The lowest BCUT2D eigenvalue weighted by molar-refractivity contribution is -0.244. The van der Waals surface area contributed by atoms with Crippen LogP contribution >= 0.6 is 11.6 Å². The van der Waals surface area contributed by atoms with Gasteiger partial charge in [0.1, 0.15) is 5.82 Å². The van der Waals surface area contributed by atoms with Crippen LogP contribution in [0.4, 0.5) is 10.1 Å². The Bertz CT molecular complexity index is 997. The van der Waals surface area contributed by atoms with Crippen molar-refractivity contribution in [2.24, 2.45) is 4.99 Å². The molecule has 0 spiro atoms. The largest absolute Gasteiger partial charge is 0.872 e. The summed E-state index contributed by atoms with van der Waals surface area (Å²) in [6.45, 7) is 2.27. The molecule has 2 heterocycles. The lowest BCUT2D eigenvalue weighted by Crippen LogP contribution is -2.19. The van der Waals surface area contributed by atoms with Gasteiger partial charge in [-0.3, -0.25) is 4.72 Å². The molecule has 2 aliphatic heterocycles. The molecular weight excluding hydrogens is 393 g/mol. The Morgan fingerprint density at radius 2 is 2.22 bits per heavy atom. The van der Waals surface area contributed by atoms with Gasteiger partial charge in [0.25, 0.3) is 0 Å². The third kappa shape index (κ3) is 4.17. The molecule has 0 radical (unpaired) electrons. The van der Waals surface area contributed by atoms with Crippen LogP contribution in [-0.4, -0.2) is 26.9 Å². The van der Waals surface area contributed by atoms with E-state index >= 15 is 0 Å². The van der Waals surface area contributed by atoms with Crippen molar-refractivity contribution in [3.05, 3.63) is 57.7 Å². The van der Waals surface area contributed by atoms with E-state index in [9.17, 15) is 17.9 Å². The van der Waals surface area contributed by atoms with Crippen LogP contribution in [0.1, 0.15) is 25.3 Å². The molecule has 0 saturated heterocycles. The predicted molar refractivity (Wildman–Crippen MR) is 103 cm³/mol. The molecule has 6 nitrogen and oxygen atoms in total. The summed E-state index contributed by atoms with van der Waals surface area (Å²) < 4.78 is 41.2. The summed E-state index contributed by atoms with van der Waals surface area (Å²) in [4.78, 5) is 4.11. The van der Waals surface area contributed by atoms with Crippen LogP contribution in [0.2, 0.25) is 0 Å². The van der Waals surface area contributed by atoms with E-state index in [-0.39, 0.29) is 22.6 Å². The SMILES string of the molecule is CCCCS(=O)(=O)Nc1cccc(C([O-])=C2C=NC3=C2C=C(Cl)CN3)c1F. The number of nitrogens with zero attached hydrogens (tertiary/aromatic N) is 1. The first-order chi connectivity index (χ1) is 12.8. The smallest absolute Gasteiger partial charge is 0.232 e. The molecule has 0 bridgehead atoms. The Hall–Kier alpha value is -2.32. The quantitative estimate of drug-likeness (QED) is 0.704. The van der Waals surface area contributed by atoms with Crippen LogP contribution in [-0.2, 0) is 10.0 Å². The van der Waals surface area contributed by atoms with Gasteiger partial charge in [-0.05, 0) is 24.1 Å². The lowest BCUT2D eigenvalue weighted by atomic mass is 10.0. The molecule has 0 aromatic heterocycles. The summed E-state index contributed by atoms with van der Waals surface area (Å²) in [6.07, 6.45) is 4.12. The third-order valence-electron chi connectivity index (χ3n) is 4.11. The van der Waals surface area contributed by atoms with Crippen molar-refractivity contribution >= 4 is 39.3 Å². The van der Waals surface area contributed by atoms with Crippen LogP contribution < -0.4 is 15.1 Å². The fourth-order valence-electron chi connectivity index (χ4n) is 2.72. The molecule has 0 saturated carbocycles. The highest BCUT2D eigenvalue weighted by Gasteiger charge is 2.21. The summed E-state index contributed by atoms with van der Waals surface area (Å²) in [6, 6.07) is 4.02. The monoisotopic (exact) mass is 410 g/mol. The number of hydrogen-bond donors (Lipinski definition) is 2. The minimum absolute atomic E-state index is 0.115. The highest BCUT2D eigenvalue weighted by molar-refractivity contribution is 7.92. The zero-order chi connectivity index (χ0) is 19.6. The van der Waals surface area contributed by atoms with Crippen LogP contribution in [0.25, 0.3) is 5.76 Å². The van der Waals surface area contributed by atoms with Crippen LogP contribution in [0.5, 0.6) is 0 Å². The molecular formula is C18H18ClFN3O3S-. The Labute approximate surface area is 162 Å². The van der Waals surface area contributed by atoms with E-state index in [1.54, 1.807) is 6.08 Å². The van der Waals surface area contributed by atoms with Crippen LogP contribution in [0, 0.1) is 5.82 Å². The van der Waals surface area contributed by atoms with Crippen molar-refractivity contribution in [3.8, 4) is 0 Å². The number of nitrogens with one attached hydrogen (secondary N) is 2. The first-order valence-corrected chi connectivity index (χ1v) is 10.4. The number of hydrogen-bond acceptors (Lipinski definition) is 5. The van der Waals surface area contributed by atoms with E-state index in [0.29, 0.717) is 35.8 Å². The molecule has 0 unspecified atom stereocenters. The third-order valence-corrected chi connectivity index (χ3v) is 5.71. The molecule has 0 amide bonds. The van der Waals surface area contributed by atoms with Crippen molar-refractivity contribution < 1.29 is 17.9 Å². The predicted octanol–water partition coefficient (Wildman–Crippen LogP) is 2.46. The topological polar surface area (TPSA) is 93.6 Å². The van der Waals surface area contributed by atoms with Crippen molar-refractivity contribution in [2.75, 3.05) is 17.0 Å². The zero-order valence-corrected chi connectivity index (χ0v) is 16.1. The Kier molecular flexibility index (Phi) is 5.57.